The molecule has 0 aliphatic heterocycles. The van der Waals surface area contributed by atoms with Gasteiger partial charge in [-0.2, -0.15) is 13.2 Å². The van der Waals surface area contributed by atoms with E-state index in [1.807, 2.05) is 36.4 Å². The van der Waals surface area contributed by atoms with E-state index in [-0.39, 0.29) is 16.6 Å². The molecule has 3 aromatic rings. The lowest BCUT2D eigenvalue weighted by atomic mass is 9.86. The third-order valence-electron chi connectivity index (χ3n) is 6.02. The second-order valence-electron chi connectivity index (χ2n) is 8.56. The molecule has 4 rings (SSSR count). The molecule has 0 unspecified atom stereocenters. The molecule has 1 aliphatic carbocycles. The molecule has 1 heterocycles. The molecule has 35 heavy (non-hydrogen) atoms. The van der Waals surface area contributed by atoms with E-state index in [9.17, 15) is 18.0 Å². The Kier molecular flexibility index (Phi) is 7.80. The van der Waals surface area contributed by atoms with Gasteiger partial charge in [0.15, 0.2) is 0 Å². The van der Waals surface area contributed by atoms with Crippen LogP contribution in [0.5, 0.6) is 11.6 Å². The van der Waals surface area contributed by atoms with Gasteiger partial charge in [0.25, 0.3) is 5.91 Å². The van der Waals surface area contributed by atoms with E-state index in [0.717, 1.165) is 61.9 Å². The summed E-state index contributed by atoms with van der Waals surface area (Å²) in [5.74, 6) is 1.07. The van der Waals surface area contributed by atoms with Gasteiger partial charge in [0.1, 0.15) is 5.75 Å². The van der Waals surface area contributed by atoms with E-state index in [1.54, 1.807) is 12.3 Å². The number of anilines is 1. The number of amides is 1. The molecule has 1 saturated carbocycles. The summed E-state index contributed by atoms with van der Waals surface area (Å²) in [7, 11) is 0. The minimum atomic E-state index is -4.53. The summed E-state index contributed by atoms with van der Waals surface area (Å²) in [4.78, 5) is 16.9. The Balaban J connectivity index is 1.23. The predicted molar refractivity (Wildman–Crippen MR) is 129 cm³/mol. The Morgan fingerprint density at radius 1 is 1.03 bits per heavy atom. The van der Waals surface area contributed by atoms with Crippen molar-refractivity contribution < 1.29 is 22.7 Å². The fourth-order valence-corrected chi connectivity index (χ4v) is 4.27. The standard InChI is InChI=1S/C26H25ClF3N3O2/c27-23-12-8-18(26(28,29)30)14-22(23)25(34)33-19-9-6-17(7-10-19)15-31-20-11-13-24(32-16-20)35-21-4-2-1-3-5-21/h1-5,8,11-14,16-17,19,31H,6-7,9-10,15H2,(H,33,34). The molecule has 2 N–H and O–H groups in total. The monoisotopic (exact) mass is 503 g/mol. The van der Waals surface area contributed by atoms with Crippen molar-refractivity contribution in [3.05, 3.63) is 83.0 Å². The summed E-state index contributed by atoms with van der Waals surface area (Å²) in [6.07, 6.45) is 0.458. The molecule has 0 saturated heterocycles. The van der Waals surface area contributed by atoms with Gasteiger partial charge < -0.3 is 15.4 Å². The number of ether oxygens (including phenoxy) is 1. The predicted octanol–water partition coefficient (Wildman–Crippen LogP) is 6.95. The van der Waals surface area contributed by atoms with Gasteiger partial charge in [-0.15, -0.1) is 0 Å². The van der Waals surface area contributed by atoms with Gasteiger partial charge in [0.2, 0.25) is 5.88 Å². The lowest BCUT2D eigenvalue weighted by Gasteiger charge is -2.29. The zero-order valence-corrected chi connectivity index (χ0v) is 19.6. The topological polar surface area (TPSA) is 63.2 Å². The van der Waals surface area contributed by atoms with E-state index in [2.05, 4.69) is 15.6 Å². The van der Waals surface area contributed by atoms with Crippen LogP contribution in [0.2, 0.25) is 5.02 Å². The Morgan fingerprint density at radius 3 is 2.43 bits per heavy atom. The number of benzene rings is 2. The highest BCUT2D eigenvalue weighted by molar-refractivity contribution is 6.33. The minimum Gasteiger partial charge on any atom is -0.439 e. The summed E-state index contributed by atoms with van der Waals surface area (Å²) in [6.45, 7) is 0.765. The van der Waals surface area contributed by atoms with E-state index >= 15 is 0 Å². The number of nitrogens with zero attached hydrogens (tertiary/aromatic N) is 1. The highest BCUT2D eigenvalue weighted by Gasteiger charge is 2.32. The van der Waals surface area contributed by atoms with E-state index in [0.29, 0.717) is 11.8 Å². The number of aromatic nitrogens is 1. The van der Waals surface area contributed by atoms with Gasteiger partial charge in [0, 0.05) is 18.7 Å². The van der Waals surface area contributed by atoms with E-state index < -0.39 is 17.6 Å². The molecular weight excluding hydrogens is 479 g/mol. The lowest BCUT2D eigenvalue weighted by molar-refractivity contribution is -0.137. The number of rotatable bonds is 7. The summed E-state index contributed by atoms with van der Waals surface area (Å²) in [5, 5.41) is 6.23. The number of nitrogens with one attached hydrogen (secondary N) is 2. The molecular formula is C26H25ClF3N3O2. The molecule has 9 heteroatoms. The highest BCUT2D eigenvalue weighted by atomic mass is 35.5. The fraction of sp³-hybridized carbons (Fsp3) is 0.308. The first-order valence-corrected chi connectivity index (χ1v) is 11.8. The second-order valence-corrected chi connectivity index (χ2v) is 8.97. The first kappa shape index (κ1) is 24.9. The van der Waals surface area contributed by atoms with Crippen LogP contribution in [0.15, 0.2) is 66.9 Å². The molecule has 184 valence electrons. The molecule has 0 bridgehead atoms. The molecule has 0 spiro atoms. The number of carbonyl (C=O) groups is 1. The summed E-state index contributed by atoms with van der Waals surface area (Å²) < 4.78 is 44.6. The maximum absolute atomic E-state index is 13.0. The van der Waals surface area contributed by atoms with E-state index in [4.69, 9.17) is 16.3 Å². The second kappa shape index (κ2) is 11.0. The molecule has 1 amide bonds. The third-order valence-corrected chi connectivity index (χ3v) is 6.35. The van der Waals surface area contributed by atoms with Crippen LogP contribution in [0.1, 0.15) is 41.6 Å². The van der Waals surface area contributed by atoms with Crippen LogP contribution in [-0.4, -0.2) is 23.5 Å². The van der Waals surface area contributed by atoms with Crippen LogP contribution >= 0.6 is 11.6 Å². The Morgan fingerprint density at radius 2 is 1.77 bits per heavy atom. The van der Waals surface area contributed by atoms with Crippen molar-refractivity contribution >= 4 is 23.2 Å². The summed E-state index contributed by atoms with van der Waals surface area (Å²) >= 11 is 5.98. The van der Waals surface area contributed by atoms with E-state index in [1.165, 1.54) is 0 Å². The van der Waals surface area contributed by atoms with Gasteiger partial charge in [-0.25, -0.2) is 4.98 Å². The Bertz CT molecular complexity index is 1130. The van der Waals surface area contributed by atoms with Crippen LogP contribution in [0, 0.1) is 5.92 Å². The van der Waals surface area contributed by atoms with Crippen LogP contribution in [0.4, 0.5) is 18.9 Å². The first-order valence-electron chi connectivity index (χ1n) is 11.4. The SMILES string of the molecule is O=C(NC1CCC(CNc2ccc(Oc3ccccc3)nc2)CC1)c1cc(C(F)(F)F)ccc1Cl. The van der Waals surface area contributed by atoms with Gasteiger partial charge in [-0.05, 0) is 68.0 Å². The largest absolute Gasteiger partial charge is 0.439 e. The quantitative estimate of drug-likeness (QED) is 0.366. The zero-order chi connectivity index (χ0) is 24.8. The number of alkyl halides is 3. The Hall–Kier alpha value is -3.26. The molecule has 1 aliphatic rings. The van der Waals surface area contributed by atoms with Gasteiger partial charge in [0.05, 0.1) is 28.0 Å². The van der Waals surface area contributed by atoms with Crippen LogP contribution in [0.25, 0.3) is 0 Å². The third kappa shape index (κ3) is 6.88. The fourth-order valence-electron chi connectivity index (χ4n) is 4.07. The number of hydrogen-bond donors (Lipinski definition) is 2. The highest BCUT2D eigenvalue weighted by Crippen LogP contribution is 2.32. The van der Waals surface area contributed by atoms with Crippen molar-refractivity contribution in [1.29, 1.82) is 0 Å². The number of pyridine rings is 1. The van der Waals surface area contributed by atoms with Gasteiger partial charge in [-0.1, -0.05) is 29.8 Å². The average molecular weight is 504 g/mol. The normalized spacial score (nSPS) is 18.1. The van der Waals surface area contributed by atoms with Crippen molar-refractivity contribution in [2.75, 3.05) is 11.9 Å². The van der Waals surface area contributed by atoms with Crippen molar-refractivity contribution in [2.45, 2.75) is 37.9 Å². The number of halogens is 4. The lowest BCUT2D eigenvalue weighted by Crippen LogP contribution is -2.38. The number of carbonyl (C=O) groups excluding carboxylic acids is 1. The molecule has 1 fully saturated rings. The first-order chi connectivity index (χ1) is 16.8. The van der Waals surface area contributed by atoms with Crippen molar-refractivity contribution in [3.63, 3.8) is 0 Å². The molecule has 2 aromatic carbocycles. The van der Waals surface area contributed by atoms with Crippen molar-refractivity contribution in [1.82, 2.24) is 10.3 Å². The van der Waals surface area contributed by atoms with Crippen molar-refractivity contribution in [3.8, 4) is 11.6 Å². The molecule has 0 radical (unpaired) electrons. The molecule has 1 aromatic heterocycles. The Labute approximate surface area is 206 Å². The van der Waals surface area contributed by atoms with Crippen LogP contribution in [0.3, 0.4) is 0 Å². The maximum atomic E-state index is 13.0. The summed E-state index contributed by atoms with van der Waals surface area (Å²) in [6, 6.07) is 15.8. The summed E-state index contributed by atoms with van der Waals surface area (Å²) in [5.41, 5.74) is -0.159. The smallest absolute Gasteiger partial charge is 0.416 e. The number of para-hydroxylation sites is 1. The minimum absolute atomic E-state index is 0.00202. The number of hydrogen-bond acceptors (Lipinski definition) is 4. The molecule has 5 nitrogen and oxygen atoms in total. The van der Waals surface area contributed by atoms with Crippen LogP contribution in [-0.2, 0) is 6.18 Å². The zero-order valence-electron chi connectivity index (χ0n) is 18.8. The van der Waals surface area contributed by atoms with Gasteiger partial charge in [-0.3, -0.25) is 4.79 Å². The van der Waals surface area contributed by atoms with Crippen LogP contribution < -0.4 is 15.4 Å². The maximum Gasteiger partial charge on any atom is 0.416 e. The average Bonchev–Trinajstić information content (AvgIpc) is 2.84. The molecule has 0 atom stereocenters. The van der Waals surface area contributed by atoms with Crippen molar-refractivity contribution in [2.24, 2.45) is 5.92 Å². The van der Waals surface area contributed by atoms with Gasteiger partial charge >= 0.3 is 6.18 Å².